The van der Waals surface area contributed by atoms with E-state index in [1.165, 1.54) is 18.2 Å². The number of aliphatic hydroxyl groups is 1. The minimum atomic E-state index is -0.494. The molecule has 0 radical (unpaired) electrons. The van der Waals surface area contributed by atoms with Crippen LogP contribution in [0.25, 0.3) is 6.08 Å². The van der Waals surface area contributed by atoms with Crippen molar-refractivity contribution >= 4 is 17.7 Å². The van der Waals surface area contributed by atoms with Crippen molar-refractivity contribution in [1.29, 1.82) is 0 Å². The van der Waals surface area contributed by atoms with E-state index in [-0.39, 0.29) is 18.2 Å². The van der Waals surface area contributed by atoms with Crippen molar-refractivity contribution in [3.8, 4) is 0 Å². The molecule has 6 heteroatoms. The summed E-state index contributed by atoms with van der Waals surface area (Å²) in [5.74, 6) is -0.357. The largest absolute Gasteiger partial charge is 0.396 e. The molecule has 108 valence electrons. The molecular formula is C14H18N2O4. The average Bonchev–Trinajstić information content (AvgIpc) is 2.43. The maximum atomic E-state index is 11.6. The van der Waals surface area contributed by atoms with Crippen LogP contribution in [0.5, 0.6) is 0 Å². The first-order valence-corrected chi connectivity index (χ1v) is 6.16. The Morgan fingerprint density at radius 3 is 2.70 bits per heavy atom. The van der Waals surface area contributed by atoms with Gasteiger partial charge in [-0.1, -0.05) is 26.0 Å². The Labute approximate surface area is 117 Å². The number of nitro benzene ring substituents is 1. The van der Waals surface area contributed by atoms with Crippen molar-refractivity contribution in [3.63, 3.8) is 0 Å². The standard InChI is InChI=1S/C14H18N2O4/c1-14(2,10-17)9-15-13(18)8-7-11-5-3-4-6-12(11)16(19)20/h3-8,17H,9-10H2,1-2H3,(H,15,18)/b8-7+. The number of hydrogen-bond acceptors (Lipinski definition) is 4. The highest BCUT2D eigenvalue weighted by molar-refractivity contribution is 5.92. The van der Waals surface area contributed by atoms with Crippen molar-refractivity contribution in [2.45, 2.75) is 13.8 Å². The van der Waals surface area contributed by atoms with E-state index >= 15 is 0 Å². The summed E-state index contributed by atoms with van der Waals surface area (Å²) >= 11 is 0. The molecule has 2 N–H and O–H groups in total. The highest BCUT2D eigenvalue weighted by atomic mass is 16.6. The third kappa shape index (κ3) is 4.81. The highest BCUT2D eigenvalue weighted by Gasteiger charge is 2.16. The number of nitrogens with zero attached hydrogens (tertiary/aromatic N) is 1. The van der Waals surface area contributed by atoms with Gasteiger partial charge in [0.1, 0.15) is 0 Å². The second-order valence-electron chi connectivity index (χ2n) is 5.19. The lowest BCUT2D eigenvalue weighted by atomic mass is 9.95. The quantitative estimate of drug-likeness (QED) is 0.471. The van der Waals surface area contributed by atoms with Gasteiger partial charge >= 0.3 is 0 Å². The molecule has 6 nitrogen and oxygen atoms in total. The molecule has 1 aromatic rings. The number of nitrogens with one attached hydrogen (secondary N) is 1. The van der Waals surface area contributed by atoms with Gasteiger partial charge in [0.25, 0.3) is 5.69 Å². The lowest BCUT2D eigenvalue weighted by molar-refractivity contribution is -0.385. The number of benzene rings is 1. The van der Waals surface area contributed by atoms with Gasteiger partial charge < -0.3 is 10.4 Å². The van der Waals surface area contributed by atoms with Crippen LogP contribution in [0.1, 0.15) is 19.4 Å². The lowest BCUT2D eigenvalue weighted by Gasteiger charge is -2.21. The summed E-state index contributed by atoms with van der Waals surface area (Å²) in [6.45, 7) is 3.92. The van der Waals surface area contributed by atoms with Crippen LogP contribution in [-0.2, 0) is 4.79 Å². The average molecular weight is 278 g/mol. The zero-order valence-electron chi connectivity index (χ0n) is 11.5. The molecule has 1 rings (SSSR count). The topological polar surface area (TPSA) is 92.5 Å². The van der Waals surface area contributed by atoms with E-state index in [9.17, 15) is 14.9 Å². The summed E-state index contributed by atoms with van der Waals surface area (Å²) < 4.78 is 0. The Kier molecular flexibility index (Phi) is 5.40. The third-order valence-electron chi connectivity index (χ3n) is 2.72. The first-order chi connectivity index (χ1) is 9.35. The molecular weight excluding hydrogens is 260 g/mol. The van der Waals surface area contributed by atoms with Gasteiger partial charge in [0.05, 0.1) is 10.5 Å². The number of amides is 1. The molecule has 1 amide bonds. The first-order valence-electron chi connectivity index (χ1n) is 6.16. The van der Waals surface area contributed by atoms with Gasteiger partial charge in [-0.2, -0.15) is 0 Å². The van der Waals surface area contributed by atoms with Gasteiger partial charge in [-0.05, 0) is 12.1 Å². The smallest absolute Gasteiger partial charge is 0.276 e. The Morgan fingerprint density at radius 1 is 1.45 bits per heavy atom. The molecule has 0 saturated heterocycles. The Bertz CT molecular complexity index is 524. The van der Waals surface area contributed by atoms with Gasteiger partial charge in [-0.25, -0.2) is 0 Å². The molecule has 0 atom stereocenters. The van der Waals surface area contributed by atoms with Crippen LogP contribution in [0, 0.1) is 15.5 Å². The molecule has 0 saturated carbocycles. The number of nitro groups is 1. The monoisotopic (exact) mass is 278 g/mol. The van der Waals surface area contributed by atoms with Crippen molar-refractivity contribution in [2.75, 3.05) is 13.2 Å². The van der Waals surface area contributed by atoms with Crippen molar-refractivity contribution in [2.24, 2.45) is 5.41 Å². The summed E-state index contributed by atoms with van der Waals surface area (Å²) in [6, 6.07) is 6.19. The summed E-state index contributed by atoms with van der Waals surface area (Å²) in [5.41, 5.74) is -0.0799. The highest BCUT2D eigenvalue weighted by Crippen LogP contribution is 2.18. The predicted molar refractivity (Wildman–Crippen MR) is 76.0 cm³/mol. The van der Waals surface area contributed by atoms with E-state index in [2.05, 4.69) is 5.32 Å². The second kappa shape index (κ2) is 6.81. The fourth-order valence-corrected chi connectivity index (χ4v) is 1.40. The van der Waals surface area contributed by atoms with Crippen LogP contribution in [0.15, 0.2) is 30.3 Å². The molecule has 20 heavy (non-hydrogen) atoms. The SMILES string of the molecule is CC(C)(CO)CNC(=O)/C=C/c1ccccc1[N+](=O)[O-]. The minimum absolute atomic E-state index is 0.0405. The number of carbonyl (C=O) groups excluding carboxylic acids is 1. The van der Waals surface area contributed by atoms with E-state index in [4.69, 9.17) is 5.11 Å². The van der Waals surface area contributed by atoms with E-state index in [0.29, 0.717) is 12.1 Å². The zero-order chi connectivity index (χ0) is 15.2. The van der Waals surface area contributed by atoms with Crippen molar-refractivity contribution in [3.05, 3.63) is 46.0 Å². The maximum Gasteiger partial charge on any atom is 0.276 e. The molecule has 0 aliphatic heterocycles. The van der Waals surface area contributed by atoms with Crippen LogP contribution >= 0.6 is 0 Å². The Morgan fingerprint density at radius 2 is 2.10 bits per heavy atom. The molecule has 0 aromatic heterocycles. The molecule has 0 unspecified atom stereocenters. The number of carbonyl (C=O) groups is 1. The normalized spacial score (nSPS) is 11.6. The Balaban J connectivity index is 2.69. The molecule has 0 heterocycles. The summed E-state index contributed by atoms with van der Waals surface area (Å²) in [4.78, 5) is 21.9. The van der Waals surface area contributed by atoms with Crippen molar-refractivity contribution in [1.82, 2.24) is 5.32 Å². The molecule has 0 bridgehead atoms. The van der Waals surface area contributed by atoms with Gasteiger partial charge in [0.2, 0.25) is 5.91 Å². The summed E-state index contributed by atoms with van der Waals surface area (Å²) in [5, 5.41) is 22.5. The Hall–Kier alpha value is -2.21. The third-order valence-corrected chi connectivity index (χ3v) is 2.72. The summed E-state index contributed by atoms with van der Waals surface area (Å²) in [7, 11) is 0. The molecule has 0 fully saturated rings. The molecule has 0 aliphatic carbocycles. The van der Waals surface area contributed by atoms with E-state index < -0.39 is 10.3 Å². The van der Waals surface area contributed by atoms with Gasteiger partial charge in [0, 0.05) is 30.7 Å². The number of hydrogen-bond donors (Lipinski definition) is 2. The lowest BCUT2D eigenvalue weighted by Crippen LogP contribution is -2.35. The zero-order valence-corrected chi connectivity index (χ0v) is 11.5. The number of rotatable bonds is 6. The molecule has 0 spiro atoms. The number of para-hydroxylation sites is 1. The van der Waals surface area contributed by atoms with Crippen molar-refractivity contribution < 1.29 is 14.8 Å². The van der Waals surface area contributed by atoms with Gasteiger partial charge in [-0.3, -0.25) is 14.9 Å². The fourth-order valence-electron chi connectivity index (χ4n) is 1.40. The number of aliphatic hydroxyl groups excluding tert-OH is 1. The van der Waals surface area contributed by atoms with Crippen LogP contribution in [-0.4, -0.2) is 29.1 Å². The van der Waals surface area contributed by atoms with E-state index in [1.807, 2.05) is 13.8 Å². The van der Waals surface area contributed by atoms with E-state index in [1.54, 1.807) is 18.2 Å². The molecule has 0 aliphatic rings. The van der Waals surface area contributed by atoms with Crippen LogP contribution in [0.2, 0.25) is 0 Å². The summed E-state index contributed by atoms with van der Waals surface area (Å²) in [6.07, 6.45) is 2.65. The van der Waals surface area contributed by atoms with E-state index in [0.717, 1.165) is 0 Å². The van der Waals surface area contributed by atoms with Gasteiger partial charge in [-0.15, -0.1) is 0 Å². The predicted octanol–water partition coefficient (Wildman–Crippen LogP) is 1.74. The first kappa shape index (κ1) is 15.8. The van der Waals surface area contributed by atoms with Crippen LogP contribution < -0.4 is 5.32 Å². The minimum Gasteiger partial charge on any atom is -0.396 e. The fraction of sp³-hybridized carbons (Fsp3) is 0.357. The second-order valence-corrected chi connectivity index (χ2v) is 5.19. The van der Waals surface area contributed by atoms with Crippen LogP contribution in [0.4, 0.5) is 5.69 Å². The van der Waals surface area contributed by atoms with Gasteiger partial charge in [0.15, 0.2) is 0 Å². The van der Waals surface area contributed by atoms with Crippen LogP contribution in [0.3, 0.4) is 0 Å². The maximum absolute atomic E-state index is 11.6. The molecule has 1 aromatic carbocycles.